The largest absolute Gasteiger partial charge is 0.465 e. The Hall–Kier alpha value is -3.46. The van der Waals surface area contributed by atoms with Crippen LogP contribution in [0.5, 0.6) is 0 Å². The molecular weight excluding hydrogens is 404 g/mol. The van der Waals surface area contributed by atoms with Crippen molar-refractivity contribution in [3.8, 4) is 11.6 Å². The Balaban J connectivity index is 1.56. The van der Waals surface area contributed by atoms with Crippen molar-refractivity contribution in [1.82, 2.24) is 20.0 Å². The zero-order valence-corrected chi connectivity index (χ0v) is 16.5. The van der Waals surface area contributed by atoms with E-state index in [1.54, 1.807) is 18.2 Å². The van der Waals surface area contributed by atoms with Gasteiger partial charge in [0, 0.05) is 11.8 Å². The number of rotatable bonds is 5. The van der Waals surface area contributed by atoms with Crippen molar-refractivity contribution in [2.45, 2.75) is 23.4 Å². The summed E-state index contributed by atoms with van der Waals surface area (Å²) in [4.78, 5) is 24.7. The second kappa shape index (κ2) is 7.75. The monoisotopic (exact) mass is 420 g/mol. The molecule has 4 aromatic rings. The molecule has 0 saturated carbocycles. The molecule has 1 fully saturated rings. The maximum absolute atomic E-state index is 13.0. The molecule has 0 amide bonds. The molecule has 1 unspecified atom stereocenters. The molecular formula is C21H16N4O4S. The molecule has 0 aliphatic carbocycles. The van der Waals surface area contributed by atoms with Gasteiger partial charge in [0.25, 0.3) is 16.7 Å². The normalized spacial score (nSPS) is 16.1. The van der Waals surface area contributed by atoms with Crippen LogP contribution in [-0.4, -0.2) is 37.8 Å². The number of thioether (sulfide) groups is 1. The first-order valence-corrected chi connectivity index (χ1v) is 10.3. The number of aromatic nitrogens is 4. The van der Waals surface area contributed by atoms with Crippen LogP contribution in [0.2, 0.25) is 0 Å². The van der Waals surface area contributed by atoms with Gasteiger partial charge in [-0.1, -0.05) is 48.5 Å². The van der Waals surface area contributed by atoms with Crippen LogP contribution >= 0.6 is 11.8 Å². The molecule has 2 aromatic heterocycles. The van der Waals surface area contributed by atoms with E-state index < -0.39 is 0 Å². The lowest BCUT2D eigenvalue weighted by atomic mass is 10.1. The zero-order chi connectivity index (χ0) is 20.5. The number of benzene rings is 2. The summed E-state index contributed by atoms with van der Waals surface area (Å²) in [6.45, 7) is 0.718. The second-order valence-corrected chi connectivity index (χ2v) is 7.93. The molecule has 1 aliphatic rings. The highest BCUT2D eigenvalue weighted by molar-refractivity contribution is 8.00. The van der Waals surface area contributed by atoms with Gasteiger partial charge in [0.15, 0.2) is 5.69 Å². The molecule has 0 spiro atoms. The Morgan fingerprint density at radius 3 is 2.53 bits per heavy atom. The van der Waals surface area contributed by atoms with E-state index in [4.69, 9.17) is 9.15 Å². The van der Waals surface area contributed by atoms with E-state index in [1.165, 1.54) is 16.4 Å². The summed E-state index contributed by atoms with van der Waals surface area (Å²) >= 11 is 1.18. The van der Waals surface area contributed by atoms with Crippen LogP contribution < -0.4 is 5.56 Å². The standard InChI is InChI=1S/C21H16N4O4S/c26-19-15-9-5-4-8-14(15)17(24-25(19)12-13-6-2-1-3-7-13)18-22-23-21(29-18)30-16-10-11-28-20(16)27/h1-9,16H,10-12H2. The molecule has 0 N–H and O–H groups in total. The lowest BCUT2D eigenvalue weighted by Gasteiger charge is -2.09. The number of hydrogen-bond acceptors (Lipinski definition) is 8. The molecule has 150 valence electrons. The van der Waals surface area contributed by atoms with Gasteiger partial charge in [0.1, 0.15) is 5.25 Å². The van der Waals surface area contributed by atoms with E-state index in [9.17, 15) is 9.59 Å². The number of carbonyl (C=O) groups is 1. The van der Waals surface area contributed by atoms with E-state index in [0.717, 1.165) is 5.56 Å². The number of fused-ring (bicyclic) bond motifs is 1. The number of esters is 1. The summed E-state index contributed by atoms with van der Waals surface area (Å²) in [6, 6.07) is 16.8. The number of carbonyl (C=O) groups excluding carboxylic acids is 1. The average Bonchev–Trinajstić information content (AvgIpc) is 3.40. The van der Waals surface area contributed by atoms with Crippen LogP contribution in [0.1, 0.15) is 12.0 Å². The molecule has 5 rings (SSSR count). The minimum absolute atomic E-state index is 0.194. The van der Waals surface area contributed by atoms with Crippen molar-refractivity contribution < 1.29 is 13.9 Å². The Kier molecular flexibility index (Phi) is 4.80. The molecule has 2 aromatic carbocycles. The second-order valence-electron chi connectivity index (χ2n) is 6.78. The third kappa shape index (κ3) is 3.48. The molecule has 8 nitrogen and oxygen atoms in total. The fourth-order valence-electron chi connectivity index (χ4n) is 3.32. The minimum Gasteiger partial charge on any atom is -0.465 e. The van der Waals surface area contributed by atoms with Gasteiger partial charge in [-0.25, -0.2) is 4.68 Å². The van der Waals surface area contributed by atoms with Crippen molar-refractivity contribution in [3.05, 3.63) is 70.5 Å². The molecule has 1 aliphatic heterocycles. The molecule has 30 heavy (non-hydrogen) atoms. The maximum Gasteiger partial charge on any atom is 0.319 e. The fraction of sp³-hybridized carbons (Fsp3) is 0.190. The summed E-state index contributed by atoms with van der Waals surface area (Å²) in [6.07, 6.45) is 0.602. The molecule has 0 bridgehead atoms. The molecule has 0 radical (unpaired) electrons. The van der Waals surface area contributed by atoms with Crippen molar-refractivity contribution in [1.29, 1.82) is 0 Å². The highest BCUT2D eigenvalue weighted by atomic mass is 32.2. The molecule has 3 heterocycles. The number of cyclic esters (lactones) is 1. The van der Waals surface area contributed by atoms with E-state index in [-0.39, 0.29) is 27.9 Å². The predicted octanol–water partition coefficient (Wildman–Crippen LogP) is 2.90. The van der Waals surface area contributed by atoms with Crippen molar-refractivity contribution in [3.63, 3.8) is 0 Å². The summed E-state index contributed by atoms with van der Waals surface area (Å²) < 4.78 is 12.2. The number of ether oxygens (including phenoxy) is 1. The van der Waals surface area contributed by atoms with Crippen LogP contribution in [0.15, 0.2) is 69.0 Å². The van der Waals surface area contributed by atoms with Gasteiger partial charge in [0.2, 0.25) is 0 Å². The van der Waals surface area contributed by atoms with Gasteiger partial charge >= 0.3 is 5.97 Å². The first-order valence-electron chi connectivity index (χ1n) is 9.40. The Morgan fingerprint density at radius 2 is 1.77 bits per heavy atom. The zero-order valence-electron chi connectivity index (χ0n) is 15.7. The first kappa shape index (κ1) is 18.6. The van der Waals surface area contributed by atoms with Gasteiger partial charge < -0.3 is 9.15 Å². The predicted molar refractivity (Wildman–Crippen MR) is 110 cm³/mol. The van der Waals surface area contributed by atoms with Gasteiger partial charge in [-0.15, -0.1) is 10.2 Å². The minimum atomic E-state index is -0.352. The smallest absolute Gasteiger partial charge is 0.319 e. The van der Waals surface area contributed by atoms with Crippen LogP contribution in [0.25, 0.3) is 22.4 Å². The first-order chi connectivity index (χ1) is 14.7. The van der Waals surface area contributed by atoms with E-state index in [2.05, 4.69) is 15.3 Å². The molecule has 1 saturated heterocycles. The Bertz CT molecular complexity index is 1290. The lowest BCUT2D eigenvalue weighted by Crippen LogP contribution is -2.24. The van der Waals surface area contributed by atoms with Gasteiger partial charge in [-0.2, -0.15) is 5.10 Å². The summed E-state index contributed by atoms with van der Waals surface area (Å²) in [5, 5.41) is 13.8. The van der Waals surface area contributed by atoms with Crippen molar-refractivity contribution in [2.75, 3.05) is 6.61 Å². The Morgan fingerprint density at radius 1 is 1.00 bits per heavy atom. The van der Waals surface area contributed by atoms with Crippen LogP contribution in [-0.2, 0) is 16.1 Å². The number of nitrogens with zero attached hydrogens (tertiary/aromatic N) is 4. The summed E-state index contributed by atoms with van der Waals surface area (Å²) in [5.41, 5.74) is 1.19. The quantitative estimate of drug-likeness (QED) is 0.455. The van der Waals surface area contributed by atoms with E-state index in [1.807, 2.05) is 36.4 Å². The van der Waals surface area contributed by atoms with Crippen LogP contribution in [0, 0.1) is 0 Å². The summed E-state index contributed by atoms with van der Waals surface area (Å²) in [5.74, 6) is -0.0818. The molecule has 1 atom stereocenters. The topological polar surface area (TPSA) is 100 Å². The van der Waals surface area contributed by atoms with Gasteiger partial charge in [0.05, 0.1) is 18.5 Å². The Labute approximate surface area is 174 Å². The van der Waals surface area contributed by atoms with E-state index in [0.29, 0.717) is 36.0 Å². The van der Waals surface area contributed by atoms with Crippen LogP contribution in [0.4, 0.5) is 0 Å². The summed E-state index contributed by atoms with van der Waals surface area (Å²) in [7, 11) is 0. The molecule has 9 heteroatoms. The van der Waals surface area contributed by atoms with Gasteiger partial charge in [-0.05, 0) is 23.4 Å². The third-order valence-corrected chi connectivity index (χ3v) is 5.86. The van der Waals surface area contributed by atoms with Gasteiger partial charge in [-0.3, -0.25) is 9.59 Å². The van der Waals surface area contributed by atoms with E-state index >= 15 is 0 Å². The lowest BCUT2D eigenvalue weighted by molar-refractivity contribution is -0.137. The highest BCUT2D eigenvalue weighted by Gasteiger charge is 2.30. The number of hydrogen-bond donors (Lipinski definition) is 0. The van der Waals surface area contributed by atoms with Crippen molar-refractivity contribution in [2.24, 2.45) is 0 Å². The maximum atomic E-state index is 13.0. The average molecular weight is 420 g/mol. The van der Waals surface area contributed by atoms with Crippen LogP contribution in [0.3, 0.4) is 0 Å². The SMILES string of the molecule is O=C1OCCC1Sc1nnc(-c2nn(Cc3ccccc3)c(=O)c3ccccc23)o1. The fourth-order valence-corrected chi connectivity index (χ4v) is 4.15. The third-order valence-electron chi connectivity index (χ3n) is 4.78. The van der Waals surface area contributed by atoms with Crippen molar-refractivity contribution >= 4 is 28.5 Å². The highest BCUT2D eigenvalue weighted by Crippen LogP contribution is 2.31.